The van der Waals surface area contributed by atoms with Crippen LogP contribution in [0.25, 0.3) is 11.4 Å². The van der Waals surface area contributed by atoms with Gasteiger partial charge in [0.2, 0.25) is 10.0 Å². The summed E-state index contributed by atoms with van der Waals surface area (Å²) in [4.78, 5) is 18.5. The first-order valence-electron chi connectivity index (χ1n) is 9.41. The molecule has 0 aromatic carbocycles. The first kappa shape index (κ1) is 18.7. The Morgan fingerprint density at radius 3 is 2.64 bits per heavy atom. The Labute approximate surface area is 163 Å². The number of hydrogen-bond donors (Lipinski definition) is 1. The fraction of sp³-hybridized carbons (Fsp3) is 0.500. The standard InChI is InChI=1S/C18H23N5O4S/c24-18(23-8-1-11-28(23,25)26)22-9-5-14(6-10-22)13-27-15-2-3-16(19-12-15)17-4-7-20-21-17/h2-4,7,12,14H,1,5-6,8-11,13H2,(H,20,21). The molecule has 2 saturated heterocycles. The van der Waals surface area contributed by atoms with Crippen LogP contribution in [-0.4, -0.2) is 70.8 Å². The van der Waals surface area contributed by atoms with Gasteiger partial charge in [-0.1, -0.05) is 0 Å². The SMILES string of the molecule is O=C(N1CCC(COc2ccc(-c3ccn[nH]3)nc2)CC1)N1CCCS1(=O)=O. The van der Waals surface area contributed by atoms with Gasteiger partial charge < -0.3 is 9.64 Å². The van der Waals surface area contributed by atoms with Crippen LogP contribution in [0.5, 0.6) is 5.75 Å². The van der Waals surface area contributed by atoms with Crippen LogP contribution in [0.15, 0.2) is 30.6 Å². The minimum Gasteiger partial charge on any atom is -0.492 e. The zero-order chi connectivity index (χ0) is 19.6. The van der Waals surface area contributed by atoms with Crippen LogP contribution in [0.3, 0.4) is 0 Å². The number of amides is 2. The van der Waals surface area contributed by atoms with Gasteiger partial charge in [0.15, 0.2) is 0 Å². The second kappa shape index (κ2) is 7.78. The van der Waals surface area contributed by atoms with Gasteiger partial charge in [-0.3, -0.25) is 10.1 Å². The molecule has 2 aromatic heterocycles. The highest BCUT2D eigenvalue weighted by molar-refractivity contribution is 7.89. The predicted molar refractivity (Wildman–Crippen MR) is 102 cm³/mol. The van der Waals surface area contributed by atoms with E-state index in [1.807, 2.05) is 18.2 Å². The Balaban J connectivity index is 1.25. The molecule has 2 aromatic rings. The van der Waals surface area contributed by atoms with E-state index in [9.17, 15) is 13.2 Å². The molecule has 28 heavy (non-hydrogen) atoms. The van der Waals surface area contributed by atoms with Crippen LogP contribution < -0.4 is 4.74 Å². The van der Waals surface area contributed by atoms with E-state index in [2.05, 4.69) is 15.2 Å². The van der Waals surface area contributed by atoms with Crippen molar-refractivity contribution in [2.45, 2.75) is 19.3 Å². The van der Waals surface area contributed by atoms with Gasteiger partial charge in [-0.15, -0.1) is 0 Å². The average Bonchev–Trinajstić information content (AvgIpc) is 3.36. The summed E-state index contributed by atoms with van der Waals surface area (Å²) in [6, 6.07) is 5.22. The molecule has 4 heterocycles. The second-order valence-electron chi connectivity index (χ2n) is 7.12. The van der Waals surface area contributed by atoms with Crippen LogP contribution >= 0.6 is 0 Å². The summed E-state index contributed by atoms with van der Waals surface area (Å²) < 4.78 is 30.7. The van der Waals surface area contributed by atoms with Gasteiger partial charge in [0.05, 0.1) is 29.9 Å². The van der Waals surface area contributed by atoms with Crippen molar-refractivity contribution in [2.24, 2.45) is 5.92 Å². The molecule has 0 atom stereocenters. The summed E-state index contributed by atoms with van der Waals surface area (Å²) in [5.41, 5.74) is 1.65. The molecule has 2 fully saturated rings. The molecule has 0 unspecified atom stereocenters. The van der Waals surface area contributed by atoms with E-state index < -0.39 is 10.0 Å². The number of likely N-dealkylation sites (tertiary alicyclic amines) is 1. The zero-order valence-electron chi connectivity index (χ0n) is 15.5. The number of carbonyl (C=O) groups excluding carboxylic acids is 1. The minimum absolute atomic E-state index is 0.0657. The molecule has 0 radical (unpaired) electrons. The largest absolute Gasteiger partial charge is 0.492 e. The lowest BCUT2D eigenvalue weighted by Crippen LogP contribution is -2.47. The number of rotatable bonds is 4. The van der Waals surface area contributed by atoms with Crippen molar-refractivity contribution in [3.63, 3.8) is 0 Å². The van der Waals surface area contributed by atoms with Gasteiger partial charge in [-0.25, -0.2) is 17.5 Å². The molecule has 4 rings (SSSR count). The van der Waals surface area contributed by atoms with Crippen LogP contribution in [0.4, 0.5) is 4.79 Å². The van der Waals surface area contributed by atoms with Crippen LogP contribution in [0.2, 0.25) is 0 Å². The summed E-state index contributed by atoms with van der Waals surface area (Å²) >= 11 is 0. The lowest BCUT2D eigenvalue weighted by Gasteiger charge is -2.33. The van der Waals surface area contributed by atoms with Crippen molar-refractivity contribution in [3.8, 4) is 17.1 Å². The van der Waals surface area contributed by atoms with Crippen molar-refractivity contribution in [2.75, 3.05) is 32.0 Å². The maximum absolute atomic E-state index is 12.5. The van der Waals surface area contributed by atoms with Crippen molar-refractivity contribution < 1.29 is 17.9 Å². The van der Waals surface area contributed by atoms with E-state index in [1.54, 1.807) is 17.3 Å². The number of urea groups is 1. The van der Waals surface area contributed by atoms with Gasteiger partial charge >= 0.3 is 6.03 Å². The molecule has 2 aliphatic heterocycles. The normalized spacial score (nSPS) is 19.7. The average molecular weight is 405 g/mol. The highest BCUT2D eigenvalue weighted by Crippen LogP contribution is 2.23. The molecule has 1 N–H and O–H groups in total. The zero-order valence-corrected chi connectivity index (χ0v) is 16.3. The highest BCUT2D eigenvalue weighted by Gasteiger charge is 2.36. The molecule has 0 bridgehead atoms. The summed E-state index contributed by atoms with van der Waals surface area (Å²) in [7, 11) is -3.41. The number of ether oxygens (including phenoxy) is 1. The number of aromatic amines is 1. The number of H-pyrrole nitrogens is 1. The molecule has 2 aliphatic rings. The lowest BCUT2D eigenvalue weighted by atomic mass is 9.98. The third kappa shape index (κ3) is 3.96. The van der Waals surface area contributed by atoms with Gasteiger partial charge in [0, 0.05) is 25.8 Å². The third-order valence-corrected chi connectivity index (χ3v) is 7.01. The van der Waals surface area contributed by atoms with E-state index in [0.717, 1.165) is 28.5 Å². The topological polar surface area (TPSA) is 108 Å². The summed E-state index contributed by atoms with van der Waals surface area (Å²) in [5, 5.41) is 6.78. The maximum Gasteiger partial charge on any atom is 0.333 e. The van der Waals surface area contributed by atoms with Gasteiger partial charge in [-0.2, -0.15) is 5.10 Å². The number of sulfonamides is 1. The number of pyridine rings is 1. The van der Waals surface area contributed by atoms with E-state index in [0.29, 0.717) is 44.3 Å². The monoisotopic (exact) mass is 405 g/mol. The van der Waals surface area contributed by atoms with E-state index in [-0.39, 0.29) is 11.8 Å². The fourth-order valence-electron chi connectivity index (χ4n) is 3.54. The van der Waals surface area contributed by atoms with Crippen molar-refractivity contribution >= 4 is 16.1 Å². The molecule has 0 aliphatic carbocycles. The van der Waals surface area contributed by atoms with Gasteiger partial charge in [0.1, 0.15) is 5.75 Å². The molecular formula is C18H23N5O4S. The smallest absolute Gasteiger partial charge is 0.333 e. The Morgan fingerprint density at radius 1 is 1.21 bits per heavy atom. The van der Waals surface area contributed by atoms with E-state index in [1.165, 1.54) is 0 Å². The fourth-order valence-corrected chi connectivity index (χ4v) is 5.02. The molecule has 9 nitrogen and oxygen atoms in total. The van der Waals surface area contributed by atoms with Crippen LogP contribution in [0, 0.1) is 5.92 Å². The first-order chi connectivity index (χ1) is 13.5. The van der Waals surface area contributed by atoms with Gasteiger partial charge in [-0.05, 0) is 43.4 Å². The van der Waals surface area contributed by atoms with Crippen molar-refractivity contribution in [3.05, 3.63) is 30.6 Å². The molecular weight excluding hydrogens is 382 g/mol. The Hall–Kier alpha value is -2.62. The number of nitrogens with zero attached hydrogens (tertiary/aromatic N) is 4. The first-order valence-corrected chi connectivity index (χ1v) is 11.0. The third-order valence-electron chi connectivity index (χ3n) is 5.20. The summed E-state index contributed by atoms with van der Waals surface area (Å²) in [6.45, 7) is 1.95. The Morgan fingerprint density at radius 2 is 2.04 bits per heavy atom. The number of nitrogens with one attached hydrogen (secondary N) is 1. The minimum atomic E-state index is -3.41. The van der Waals surface area contributed by atoms with Gasteiger partial charge in [0.25, 0.3) is 0 Å². The number of carbonyl (C=O) groups is 1. The lowest BCUT2D eigenvalue weighted by molar-refractivity contribution is 0.135. The number of hydrogen-bond acceptors (Lipinski definition) is 6. The van der Waals surface area contributed by atoms with Crippen molar-refractivity contribution in [1.82, 2.24) is 24.4 Å². The second-order valence-corrected chi connectivity index (χ2v) is 9.13. The number of piperidine rings is 1. The van der Waals surface area contributed by atoms with Crippen molar-refractivity contribution in [1.29, 1.82) is 0 Å². The quantitative estimate of drug-likeness (QED) is 0.830. The van der Waals surface area contributed by atoms with E-state index in [4.69, 9.17) is 4.74 Å². The molecule has 150 valence electrons. The molecule has 2 amide bonds. The predicted octanol–water partition coefficient (Wildman–Crippen LogP) is 1.72. The Bertz CT molecular complexity index is 906. The summed E-state index contributed by atoms with van der Waals surface area (Å²) in [6.07, 6.45) is 5.47. The highest BCUT2D eigenvalue weighted by atomic mass is 32.2. The molecule has 10 heteroatoms. The van der Waals surface area contributed by atoms with E-state index >= 15 is 0 Å². The molecule has 0 saturated carbocycles. The Kier molecular flexibility index (Phi) is 5.21. The van der Waals surface area contributed by atoms with Crippen LogP contribution in [0.1, 0.15) is 19.3 Å². The number of aromatic nitrogens is 3. The summed E-state index contributed by atoms with van der Waals surface area (Å²) in [5.74, 6) is 1.09. The van der Waals surface area contributed by atoms with Crippen LogP contribution in [-0.2, 0) is 10.0 Å². The molecule has 0 spiro atoms. The maximum atomic E-state index is 12.5.